The summed E-state index contributed by atoms with van der Waals surface area (Å²) in [6.07, 6.45) is 5.46. The maximum Gasteiger partial charge on any atom is 0.137 e. The fourth-order valence-electron chi connectivity index (χ4n) is 2.88. The number of rotatable bonds is 3. The summed E-state index contributed by atoms with van der Waals surface area (Å²) < 4.78 is 11.3. The minimum absolute atomic E-state index is 0.823. The SMILES string of the molecule is CCc1ccc2c(Cc3cccc4ccoc34)coc2c1. The van der Waals surface area contributed by atoms with Gasteiger partial charge in [-0.3, -0.25) is 0 Å². The Bertz CT molecular complexity index is 912. The summed E-state index contributed by atoms with van der Waals surface area (Å²) in [5, 5.41) is 2.34. The average molecular weight is 276 g/mol. The number of furan rings is 2. The fraction of sp³-hybridized carbons (Fsp3) is 0.158. The quantitative estimate of drug-likeness (QED) is 0.505. The van der Waals surface area contributed by atoms with Gasteiger partial charge in [-0.2, -0.15) is 0 Å². The van der Waals surface area contributed by atoms with Gasteiger partial charge in [-0.1, -0.05) is 37.3 Å². The largest absolute Gasteiger partial charge is 0.464 e. The molecule has 2 aromatic heterocycles. The Kier molecular flexibility index (Phi) is 2.81. The zero-order valence-corrected chi connectivity index (χ0v) is 11.9. The lowest BCUT2D eigenvalue weighted by molar-refractivity contribution is 0.607. The van der Waals surface area contributed by atoms with Gasteiger partial charge in [0, 0.05) is 22.8 Å². The molecule has 104 valence electrons. The highest BCUT2D eigenvalue weighted by atomic mass is 16.3. The van der Waals surface area contributed by atoms with Gasteiger partial charge in [0.25, 0.3) is 0 Å². The lowest BCUT2D eigenvalue weighted by Crippen LogP contribution is -1.87. The summed E-state index contributed by atoms with van der Waals surface area (Å²) >= 11 is 0. The second kappa shape index (κ2) is 4.81. The topological polar surface area (TPSA) is 26.3 Å². The summed E-state index contributed by atoms with van der Waals surface area (Å²) in [5.74, 6) is 0. The second-order valence-electron chi connectivity index (χ2n) is 5.38. The van der Waals surface area contributed by atoms with Gasteiger partial charge in [0.05, 0.1) is 12.5 Å². The molecule has 4 rings (SSSR count). The van der Waals surface area contributed by atoms with Gasteiger partial charge in [-0.15, -0.1) is 0 Å². The Morgan fingerprint density at radius 3 is 2.81 bits per heavy atom. The molecule has 2 aromatic carbocycles. The van der Waals surface area contributed by atoms with Crippen LogP contribution in [0.5, 0.6) is 0 Å². The molecule has 0 atom stereocenters. The van der Waals surface area contributed by atoms with Crippen molar-refractivity contribution in [2.45, 2.75) is 19.8 Å². The van der Waals surface area contributed by atoms with Crippen molar-refractivity contribution in [3.63, 3.8) is 0 Å². The van der Waals surface area contributed by atoms with Crippen molar-refractivity contribution in [1.29, 1.82) is 0 Å². The Morgan fingerprint density at radius 1 is 0.952 bits per heavy atom. The molecule has 0 N–H and O–H groups in total. The summed E-state index contributed by atoms with van der Waals surface area (Å²) in [6, 6.07) is 14.7. The molecule has 0 amide bonds. The van der Waals surface area contributed by atoms with Crippen LogP contribution in [-0.4, -0.2) is 0 Å². The third kappa shape index (κ3) is 2.04. The minimum atomic E-state index is 0.823. The van der Waals surface area contributed by atoms with Gasteiger partial charge >= 0.3 is 0 Å². The zero-order chi connectivity index (χ0) is 14.2. The van der Waals surface area contributed by atoms with Crippen LogP contribution in [0, 0.1) is 0 Å². The molecule has 0 aliphatic heterocycles. The molecule has 4 aromatic rings. The van der Waals surface area contributed by atoms with Gasteiger partial charge in [0.2, 0.25) is 0 Å². The van der Waals surface area contributed by atoms with Gasteiger partial charge in [-0.05, 0) is 29.7 Å². The smallest absolute Gasteiger partial charge is 0.137 e. The lowest BCUT2D eigenvalue weighted by Gasteiger charge is -2.01. The first kappa shape index (κ1) is 12.3. The second-order valence-corrected chi connectivity index (χ2v) is 5.38. The first-order chi connectivity index (χ1) is 10.3. The Morgan fingerprint density at radius 2 is 1.90 bits per heavy atom. The Hall–Kier alpha value is -2.48. The van der Waals surface area contributed by atoms with Crippen LogP contribution in [0.4, 0.5) is 0 Å². The van der Waals surface area contributed by atoms with Gasteiger partial charge in [0.15, 0.2) is 0 Å². The van der Waals surface area contributed by atoms with Crippen LogP contribution >= 0.6 is 0 Å². The molecule has 2 heteroatoms. The number of para-hydroxylation sites is 1. The van der Waals surface area contributed by atoms with Crippen LogP contribution in [0.25, 0.3) is 21.9 Å². The Labute approximate surface area is 123 Å². The molecule has 0 unspecified atom stereocenters. The van der Waals surface area contributed by atoms with E-state index in [-0.39, 0.29) is 0 Å². The number of hydrogen-bond donors (Lipinski definition) is 0. The van der Waals surface area contributed by atoms with Crippen molar-refractivity contribution >= 4 is 21.9 Å². The van der Waals surface area contributed by atoms with Gasteiger partial charge in [-0.25, -0.2) is 0 Å². The molecule has 0 aliphatic carbocycles. The number of fused-ring (bicyclic) bond motifs is 2. The fourth-order valence-corrected chi connectivity index (χ4v) is 2.88. The highest BCUT2D eigenvalue weighted by Gasteiger charge is 2.10. The normalized spacial score (nSPS) is 11.5. The standard InChI is InChI=1S/C19H16O2/c1-2-13-6-7-17-16(12-21-18(17)10-13)11-15-5-3-4-14-8-9-20-19(14)15/h3-10,12H,2,11H2,1H3. The van der Waals surface area contributed by atoms with Crippen molar-refractivity contribution in [3.8, 4) is 0 Å². The van der Waals surface area contributed by atoms with E-state index < -0.39 is 0 Å². The molecule has 0 spiro atoms. The van der Waals surface area contributed by atoms with Crippen LogP contribution in [-0.2, 0) is 12.8 Å². The third-order valence-electron chi connectivity index (χ3n) is 4.07. The summed E-state index contributed by atoms with van der Waals surface area (Å²) in [5.41, 5.74) is 5.64. The van der Waals surface area contributed by atoms with Crippen molar-refractivity contribution < 1.29 is 8.83 Å². The summed E-state index contributed by atoms with van der Waals surface area (Å²) in [4.78, 5) is 0. The van der Waals surface area contributed by atoms with E-state index in [1.807, 2.05) is 12.3 Å². The first-order valence-electron chi connectivity index (χ1n) is 7.29. The molecule has 0 saturated carbocycles. The predicted octanol–water partition coefficient (Wildman–Crippen LogP) is 5.33. The number of benzene rings is 2. The lowest BCUT2D eigenvalue weighted by atomic mass is 10.0. The maximum absolute atomic E-state index is 5.73. The third-order valence-corrected chi connectivity index (χ3v) is 4.07. The van der Waals surface area contributed by atoms with E-state index in [9.17, 15) is 0 Å². The molecule has 2 heterocycles. The molecule has 2 nitrogen and oxygen atoms in total. The molecular formula is C19H16O2. The monoisotopic (exact) mass is 276 g/mol. The van der Waals surface area contributed by atoms with Crippen LogP contribution in [0.3, 0.4) is 0 Å². The maximum atomic E-state index is 5.73. The zero-order valence-electron chi connectivity index (χ0n) is 11.9. The van der Waals surface area contributed by atoms with E-state index in [0.29, 0.717) is 0 Å². The highest BCUT2D eigenvalue weighted by Crippen LogP contribution is 2.28. The van der Waals surface area contributed by atoms with Crippen molar-refractivity contribution in [2.24, 2.45) is 0 Å². The van der Waals surface area contributed by atoms with Crippen LogP contribution in [0.2, 0.25) is 0 Å². The minimum Gasteiger partial charge on any atom is -0.464 e. The van der Waals surface area contributed by atoms with E-state index in [2.05, 4.69) is 43.3 Å². The molecule has 0 saturated heterocycles. The van der Waals surface area contributed by atoms with E-state index >= 15 is 0 Å². The predicted molar refractivity (Wildman–Crippen MR) is 84.6 cm³/mol. The molecule has 0 bridgehead atoms. The highest BCUT2D eigenvalue weighted by molar-refractivity contribution is 5.84. The molecule has 0 aliphatic rings. The molecule has 21 heavy (non-hydrogen) atoms. The van der Waals surface area contributed by atoms with Crippen molar-refractivity contribution in [2.75, 3.05) is 0 Å². The summed E-state index contributed by atoms with van der Waals surface area (Å²) in [6.45, 7) is 2.16. The average Bonchev–Trinajstić information content (AvgIpc) is 3.14. The van der Waals surface area contributed by atoms with E-state index in [4.69, 9.17) is 8.83 Å². The van der Waals surface area contributed by atoms with Crippen molar-refractivity contribution in [3.05, 3.63) is 71.7 Å². The number of aryl methyl sites for hydroxylation is 1. The van der Waals surface area contributed by atoms with Gasteiger partial charge < -0.3 is 8.83 Å². The molecule has 0 fully saturated rings. The molecule has 0 radical (unpaired) electrons. The summed E-state index contributed by atoms with van der Waals surface area (Å²) in [7, 11) is 0. The van der Waals surface area contributed by atoms with Crippen LogP contribution < -0.4 is 0 Å². The van der Waals surface area contributed by atoms with E-state index in [1.165, 1.54) is 22.1 Å². The number of hydrogen-bond acceptors (Lipinski definition) is 2. The Balaban J connectivity index is 1.79. The van der Waals surface area contributed by atoms with E-state index in [1.54, 1.807) is 6.26 Å². The molecular weight excluding hydrogens is 260 g/mol. The van der Waals surface area contributed by atoms with Gasteiger partial charge in [0.1, 0.15) is 11.2 Å². The van der Waals surface area contributed by atoms with E-state index in [0.717, 1.165) is 29.4 Å². The first-order valence-corrected chi connectivity index (χ1v) is 7.29. The van der Waals surface area contributed by atoms with Crippen LogP contribution in [0.1, 0.15) is 23.6 Å². The van der Waals surface area contributed by atoms with Crippen molar-refractivity contribution in [1.82, 2.24) is 0 Å². The van der Waals surface area contributed by atoms with Crippen LogP contribution in [0.15, 0.2) is 63.8 Å².